The maximum Gasteiger partial charge on any atom is 0.194 e. The van der Waals surface area contributed by atoms with E-state index in [1.807, 2.05) is 113 Å². The second-order valence-corrected chi connectivity index (χ2v) is 13.4. The van der Waals surface area contributed by atoms with Crippen molar-refractivity contribution in [2.24, 2.45) is 0 Å². The summed E-state index contributed by atoms with van der Waals surface area (Å²) in [6.07, 6.45) is 1.47. The van der Waals surface area contributed by atoms with Gasteiger partial charge in [0.05, 0.1) is 27.9 Å². The van der Waals surface area contributed by atoms with Crippen LogP contribution in [0.1, 0.15) is 61.9 Å². The number of carbonyl (C=O) groups is 2. The first-order valence-corrected chi connectivity index (χ1v) is 18.5. The van der Waals surface area contributed by atoms with Gasteiger partial charge in [-0.25, -0.2) is 0 Å². The molecular weight excluding hydrogens is 663 g/mol. The van der Waals surface area contributed by atoms with Gasteiger partial charge >= 0.3 is 0 Å². The molecule has 0 amide bonds. The Morgan fingerprint density at radius 3 is 1.85 bits per heavy atom. The number of hydrogen-bond acceptors (Lipinski definition) is 6. The van der Waals surface area contributed by atoms with Gasteiger partial charge in [-0.05, 0) is 99.8 Å². The van der Waals surface area contributed by atoms with Crippen molar-refractivity contribution in [3.8, 4) is 11.1 Å². The number of anilines is 1. The van der Waals surface area contributed by atoms with E-state index in [-0.39, 0.29) is 11.6 Å². The molecule has 272 valence electrons. The lowest BCUT2D eigenvalue weighted by Crippen LogP contribution is -2.52. The molecule has 7 heteroatoms. The number of carbonyl (C=O) groups excluding carboxylic acids is 2. The molecule has 0 aliphatic carbocycles. The van der Waals surface area contributed by atoms with Crippen molar-refractivity contribution in [3.63, 3.8) is 0 Å². The van der Waals surface area contributed by atoms with Crippen molar-refractivity contribution in [2.45, 2.75) is 46.1 Å². The lowest BCUT2D eigenvalue weighted by molar-refractivity contribution is 0.0666. The Kier molecular flexibility index (Phi) is 14.9. The average Bonchev–Trinajstić information content (AvgIpc) is 3.18. The SMILES string of the molecule is CCC(Cc1ccccc1)(C(=O)c1ccc(N2CCOCC2)cc1)N(C)C.Cc1cc(C)c(C(=O)c2ccccc2-c2ccccc2)c(C)c1.O=[PH3]. The van der Waals surface area contributed by atoms with Gasteiger partial charge in [-0.1, -0.05) is 110 Å². The number of hydrogen-bond donors (Lipinski definition) is 0. The standard InChI is InChI=1S/C23H30N2O2.C22H20O.H3OP/c1-4-23(24(2)3,18-19-8-6-5-7-9-19)22(26)20-10-12-21(13-11-20)25-14-16-27-17-15-25;1-15-13-16(2)21(17(3)14-15)22(23)20-12-8-7-11-19(20)18-9-5-4-6-10-18;1-2/h5-13H,4,14-18H2,1-3H3;4-14H,1-3H3;2H3. The first kappa shape index (κ1) is 40.2. The van der Waals surface area contributed by atoms with Crippen molar-refractivity contribution in [1.29, 1.82) is 0 Å². The highest BCUT2D eigenvalue weighted by Gasteiger charge is 2.39. The quantitative estimate of drug-likeness (QED) is 0.106. The number of morpholine rings is 1. The third-order valence-corrected chi connectivity index (χ3v) is 9.87. The van der Waals surface area contributed by atoms with E-state index < -0.39 is 5.54 Å². The Labute approximate surface area is 312 Å². The number of rotatable bonds is 10. The normalized spacial score (nSPS) is 13.6. The van der Waals surface area contributed by atoms with Crippen LogP contribution in [0, 0.1) is 20.8 Å². The summed E-state index contributed by atoms with van der Waals surface area (Å²) in [4.78, 5) is 31.1. The van der Waals surface area contributed by atoms with Crippen LogP contribution in [0.5, 0.6) is 0 Å². The fraction of sp³-hybridized carbons (Fsp3) is 0.289. The molecule has 52 heavy (non-hydrogen) atoms. The molecule has 1 saturated heterocycles. The van der Waals surface area contributed by atoms with E-state index in [1.165, 1.54) is 11.1 Å². The van der Waals surface area contributed by atoms with Crippen LogP contribution in [0.15, 0.2) is 121 Å². The summed E-state index contributed by atoms with van der Waals surface area (Å²) in [5.74, 6) is 0.284. The van der Waals surface area contributed by atoms with Crippen molar-refractivity contribution >= 4 is 26.4 Å². The zero-order chi connectivity index (χ0) is 37.7. The Hall–Kier alpha value is -4.61. The average molecular weight is 717 g/mol. The van der Waals surface area contributed by atoms with Gasteiger partial charge in [-0.2, -0.15) is 0 Å². The van der Waals surface area contributed by atoms with Crippen molar-refractivity contribution < 1.29 is 18.9 Å². The van der Waals surface area contributed by atoms with Gasteiger partial charge in [0.2, 0.25) is 0 Å². The molecule has 2 atom stereocenters. The van der Waals surface area contributed by atoms with Gasteiger partial charge in [-0.3, -0.25) is 14.5 Å². The molecule has 0 spiro atoms. The summed E-state index contributed by atoms with van der Waals surface area (Å²) in [7, 11) is 4.62. The first-order valence-electron chi connectivity index (χ1n) is 17.9. The van der Waals surface area contributed by atoms with Crippen LogP contribution < -0.4 is 4.90 Å². The fourth-order valence-electron chi connectivity index (χ4n) is 7.11. The molecule has 0 N–H and O–H groups in total. The molecule has 6 rings (SSSR count). The van der Waals surface area contributed by atoms with Crippen LogP contribution in [-0.4, -0.2) is 62.4 Å². The number of ether oxygens (including phenoxy) is 1. The van der Waals surface area contributed by atoms with Crippen LogP contribution in [0.2, 0.25) is 0 Å². The molecule has 6 nitrogen and oxygen atoms in total. The Morgan fingerprint density at radius 2 is 1.29 bits per heavy atom. The molecule has 2 unspecified atom stereocenters. The molecule has 1 fully saturated rings. The minimum atomic E-state index is -0.540. The monoisotopic (exact) mass is 716 g/mol. The zero-order valence-electron chi connectivity index (χ0n) is 31.5. The van der Waals surface area contributed by atoms with Crippen molar-refractivity contribution in [1.82, 2.24) is 4.90 Å². The highest BCUT2D eigenvalue weighted by Crippen LogP contribution is 2.30. The van der Waals surface area contributed by atoms with E-state index in [0.29, 0.717) is 15.5 Å². The number of Topliss-reactive ketones (excluding diaryl/α,β-unsaturated/α-hetero) is 1. The molecular formula is C45H53N2O4P. The lowest BCUT2D eigenvalue weighted by Gasteiger charge is -2.38. The van der Waals surface area contributed by atoms with E-state index >= 15 is 0 Å². The summed E-state index contributed by atoms with van der Waals surface area (Å²) in [5.41, 5.74) is 9.47. The van der Waals surface area contributed by atoms with Gasteiger partial charge in [0.15, 0.2) is 11.6 Å². The zero-order valence-corrected chi connectivity index (χ0v) is 32.9. The molecule has 5 aromatic rings. The molecule has 0 bridgehead atoms. The minimum Gasteiger partial charge on any atom is -0.378 e. The molecule has 1 aliphatic rings. The van der Waals surface area contributed by atoms with Crippen LogP contribution in [0.4, 0.5) is 5.69 Å². The number of aryl methyl sites for hydroxylation is 3. The third-order valence-electron chi connectivity index (χ3n) is 9.87. The second-order valence-electron chi connectivity index (χ2n) is 13.4. The Balaban J connectivity index is 0.000000225. The van der Waals surface area contributed by atoms with Crippen LogP contribution >= 0.6 is 9.12 Å². The third kappa shape index (κ3) is 9.63. The van der Waals surface area contributed by atoms with Gasteiger partial charge < -0.3 is 14.2 Å². The van der Waals surface area contributed by atoms with Gasteiger partial charge in [-0.15, -0.1) is 0 Å². The van der Waals surface area contributed by atoms with Crippen molar-refractivity contribution in [3.05, 3.63) is 160 Å². The predicted octanol–water partition coefficient (Wildman–Crippen LogP) is 9.11. The topological polar surface area (TPSA) is 66.9 Å². The summed E-state index contributed by atoms with van der Waals surface area (Å²) >= 11 is 0. The van der Waals surface area contributed by atoms with E-state index in [9.17, 15) is 9.59 Å². The molecule has 1 aliphatic heterocycles. The van der Waals surface area contributed by atoms with Crippen LogP contribution in [-0.2, 0) is 15.7 Å². The van der Waals surface area contributed by atoms with E-state index in [4.69, 9.17) is 9.30 Å². The number of benzene rings is 5. The van der Waals surface area contributed by atoms with Gasteiger partial charge in [0.25, 0.3) is 0 Å². The Bertz CT molecular complexity index is 1880. The maximum absolute atomic E-state index is 13.6. The van der Waals surface area contributed by atoms with E-state index in [2.05, 4.69) is 60.0 Å². The molecule has 0 aromatic heterocycles. The minimum absolute atomic E-state index is 0.0967. The molecule has 0 saturated carbocycles. The van der Waals surface area contributed by atoms with E-state index in [0.717, 1.165) is 77.4 Å². The predicted molar refractivity (Wildman–Crippen MR) is 218 cm³/mol. The summed E-state index contributed by atoms with van der Waals surface area (Å²) in [5, 5.41) is 0. The highest BCUT2D eigenvalue weighted by molar-refractivity contribution is 7.00. The van der Waals surface area contributed by atoms with E-state index in [1.54, 1.807) is 0 Å². The van der Waals surface area contributed by atoms with Crippen molar-refractivity contribution in [2.75, 3.05) is 45.3 Å². The Morgan fingerprint density at radius 1 is 0.750 bits per heavy atom. The second kappa shape index (κ2) is 19.3. The summed E-state index contributed by atoms with van der Waals surface area (Å²) in [6.45, 7) is 11.5. The van der Waals surface area contributed by atoms with Crippen LogP contribution in [0.3, 0.4) is 0 Å². The molecule has 1 heterocycles. The van der Waals surface area contributed by atoms with Gasteiger partial charge in [0.1, 0.15) is 0 Å². The highest BCUT2D eigenvalue weighted by atomic mass is 31.0. The number of nitrogens with zero attached hydrogens (tertiary/aromatic N) is 2. The first-order chi connectivity index (χ1) is 25.1. The smallest absolute Gasteiger partial charge is 0.194 e. The van der Waals surface area contributed by atoms with Gasteiger partial charge in [0, 0.05) is 35.5 Å². The fourth-order valence-corrected chi connectivity index (χ4v) is 7.11. The molecule has 0 radical (unpaired) electrons. The molecule has 5 aromatic carbocycles. The lowest BCUT2D eigenvalue weighted by atomic mass is 9.80. The van der Waals surface area contributed by atoms with Crippen LogP contribution in [0.25, 0.3) is 11.1 Å². The number of ketones is 2. The summed E-state index contributed by atoms with van der Waals surface area (Å²) < 4.78 is 13.7. The summed E-state index contributed by atoms with van der Waals surface area (Å²) in [6, 6.07) is 40.4. The number of likely N-dealkylation sites (N-methyl/N-ethyl adjacent to an activating group) is 1. The largest absolute Gasteiger partial charge is 0.378 e. The maximum atomic E-state index is 13.6.